The molecular formula is C18H17N3O4. The number of methoxy groups -OCH3 is 1. The standard InChI is InChI=1S/C18H17N3O4/c1-12-7-3-4-8-13(12)17-20-18(21-25-17)19-16(22)11-24-15-10-6-5-9-14(15)23-2/h3-10H,11H2,1-2H3,(H,19,21,22). The van der Waals surface area contributed by atoms with E-state index in [0.717, 1.165) is 11.1 Å². The first kappa shape index (κ1) is 16.5. The number of carbonyl (C=O) groups excluding carboxylic acids is 1. The number of hydrogen-bond acceptors (Lipinski definition) is 6. The lowest BCUT2D eigenvalue weighted by Crippen LogP contribution is -2.21. The normalized spacial score (nSPS) is 10.3. The molecule has 0 aliphatic carbocycles. The van der Waals surface area contributed by atoms with Crippen molar-refractivity contribution in [3.05, 3.63) is 54.1 Å². The highest BCUT2D eigenvalue weighted by molar-refractivity contribution is 5.90. The summed E-state index contributed by atoms with van der Waals surface area (Å²) in [5.74, 6) is 1.07. The molecule has 2 aromatic carbocycles. The highest BCUT2D eigenvalue weighted by Gasteiger charge is 2.13. The summed E-state index contributed by atoms with van der Waals surface area (Å²) in [7, 11) is 1.54. The Morgan fingerprint density at radius 3 is 2.60 bits per heavy atom. The molecule has 0 bridgehead atoms. The number of hydrogen-bond donors (Lipinski definition) is 1. The molecule has 0 aliphatic heterocycles. The predicted molar refractivity (Wildman–Crippen MR) is 91.6 cm³/mol. The number of carbonyl (C=O) groups is 1. The van der Waals surface area contributed by atoms with Crippen LogP contribution in [0.25, 0.3) is 11.5 Å². The van der Waals surface area contributed by atoms with E-state index in [9.17, 15) is 4.79 Å². The van der Waals surface area contributed by atoms with Gasteiger partial charge in [-0.1, -0.05) is 30.3 Å². The van der Waals surface area contributed by atoms with Gasteiger partial charge in [0.05, 0.1) is 7.11 Å². The van der Waals surface area contributed by atoms with Crippen LogP contribution >= 0.6 is 0 Å². The zero-order valence-corrected chi connectivity index (χ0v) is 13.9. The Morgan fingerprint density at radius 1 is 1.12 bits per heavy atom. The van der Waals surface area contributed by atoms with Crippen LogP contribution in [0, 0.1) is 6.92 Å². The monoisotopic (exact) mass is 339 g/mol. The SMILES string of the molecule is COc1ccccc1OCC(=O)Nc1noc(-c2ccccc2C)n1. The maximum atomic E-state index is 12.0. The topological polar surface area (TPSA) is 86.5 Å². The van der Waals surface area contributed by atoms with E-state index in [4.69, 9.17) is 14.0 Å². The average Bonchev–Trinajstić information content (AvgIpc) is 3.08. The van der Waals surface area contributed by atoms with E-state index in [1.54, 1.807) is 18.2 Å². The molecule has 1 N–H and O–H groups in total. The van der Waals surface area contributed by atoms with Gasteiger partial charge in [-0.15, -0.1) is 0 Å². The molecule has 0 spiro atoms. The molecule has 0 unspecified atom stereocenters. The number of para-hydroxylation sites is 2. The van der Waals surface area contributed by atoms with E-state index in [2.05, 4.69) is 15.5 Å². The van der Waals surface area contributed by atoms with Gasteiger partial charge >= 0.3 is 0 Å². The van der Waals surface area contributed by atoms with Crippen LogP contribution in [-0.2, 0) is 4.79 Å². The van der Waals surface area contributed by atoms with Gasteiger partial charge in [0.15, 0.2) is 18.1 Å². The quantitative estimate of drug-likeness (QED) is 0.743. The van der Waals surface area contributed by atoms with Gasteiger partial charge < -0.3 is 14.0 Å². The van der Waals surface area contributed by atoms with E-state index in [1.165, 1.54) is 7.11 Å². The summed E-state index contributed by atoms with van der Waals surface area (Å²) < 4.78 is 15.8. The number of benzene rings is 2. The van der Waals surface area contributed by atoms with Crippen molar-refractivity contribution in [3.8, 4) is 23.0 Å². The molecule has 0 saturated carbocycles. The largest absolute Gasteiger partial charge is 0.493 e. The maximum Gasteiger partial charge on any atom is 0.270 e. The Morgan fingerprint density at radius 2 is 1.84 bits per heavy atom. The summed E-state index contributed by atoms with van der Waals surface area (Å²) in [6.45, 7) is 1.74. The number of aryl methyl sites for hydroxylation is 1. The molecule has 25 heavy (non-hydrogen) atoms. The van der Waals surface area contributed by atoms with E-state index < -0.39 is 5.91 Å². The lowest BCUT2D eigenvalue weighted by Gasteiger charge is -2.09. The second kappa shape index (κ2) is 7.48. The third-order valence-electron chi connectivity index (χ3n) is 3.48. The van der Waals surface area contributed by atoms with Crippen molar-refractivity contribution >= 4 is 11.9 Å². The Balaban J connectivity index is 1.61. The fraction of sp³-hybridized carbons (Fsp3) is 0.167. The molecule has 0 fully saturated rings. The molecule has 3 aromatic rings. The van der Waals surface area contributed by atoms with Crippen LogP contribution in [0.5, 0.6) is 11.5 Å². The van der Waals surface area contributed by atoms with Crippen LogP contribution in [0.4, 0.5) is 5.95 Å². The van der Waals surface area contributed by atoms with Crippen molar-refractivity contribution in [1.29, 1.82) is 0 Å². The van der Waals surface area contributed by atoms with Crippen LogP contribution < -0.4 is 14.8 Å². The summed E-state index contributed by atoms with van der Waals surface area (Å²) in [5.41, 5.74) is 1.82. The first-order valence-corrected chi connectivity index (χ1v) is 7.63. The molecule has 3 rings (SSSR count). The summed E-state index contributed by atoms with van der Waals surface area (Å²) in [5, 5.41) is 6.30. The Hall–Kier alpha value is -3.35. The first-order valence-electron chi connectivity index (χ1n) is 7.63. The number of aromatic nitrogens is 2. The maximum absolute atomic E-state index is 12.0. The number of nitrogens with zero attached hydrogens (tertiary/aromatic N) is 2. The van der Waals surface area contributed by atoms with Crippen molar-refractivity contribution in [2.24, 2.45) is 0 Å². The van der Waals surface area contributed by atoms with Gasteiger partial charge in [-0.25, -0.2) is 0 Å². The second-order valence-corrected chi connectivity index (χ2v) is 5.23. The van der Waals surface area contributed by atoms with Crippen molar-refractivity contribution in [1.82, 2.24) is 10.1 Å². The fourth-order valence-electron chi connectivity index (χ4n) is 2.24. The number of rotatable bonds is 6. The van der Waals surface area contributed by atoms with E-state index in [0.29, 0.717) is 17.4 Å². The van der Waals surface area contributed by atoms with Crippen LogP contribution in [0.3, 0.4) is 0 Å². The van der Waals surface area contributed by atoms with Gasteiger partial charge in [0.2, 0.25) is 0 Å². The Labute approximate surface area is 144 Å². The third-order valence-corrected chi connectivity index (χ3v) is 3.48. The highest BCUT2D eigenvalue weighted by atomic mass is 16.5. The molecule has 0 aliphatic rings. The first-order chi connectivity index (χ1) is 12.2. The second-order valence-electron chi connectivity index (χ2n) is 5.23. The van der Waals surface area contributed by atoms with Crippen molar-refractivity contribution < 1.29 is 18.8 Å². The van der Waals surface area contributed by atoms with Crippen molar-refractivity contribution in [2.75, 3.05) is 19.0 Å². The molecule has 0 radical (unpaired) electrons. The zero-order valence-electron chi connectivity index (χ0n) is 13.9. The van der Waals surface area contributed by atoms with E-state index in [1.807, 2.05) is 37.3 Å². The highest BCUT2D eigenvalue weighted by Crippen LogP contribution is 2.25. The Kier molecular flexibility index (Phi) is 4.94. The smallest absolute Gasteiger partial charge is 0.270 e. The van der Waals surface area contributed by atoms with Crippen LogP contribution in [0.15, 0.2) is 53.1 Å². The van der Waals surface area contributed by atoms with Crippen LogP contribution in [0.2, 0.25) is 0 Å². The number of ether oxygens (including phenoxy) is 2. The lowest BCUT2D eigenvalue weighted by molar-refractivity contribution is -0.118. The van der Waals surface area contributed by atoms with Gasteiger partial charge in [0.25, 0.3) is 17.7 Å². The van der Waals surface area contributed by atoms with Gasteiger partial charge in [-0.3, -0.25) is 10.1 Å². The molecule has 0 saturated heterocycles. The van der Waals surface area contributed by atoms with Crippen LogP contribution in [0.1, 0.15) is 5.56 Å². The van der Waals surface area contributed by atoms with Gasteiger partial charge in [-0.05, 0) is 35.8 Å². The molecule has 128 valence electrons. The molecule has 1 heterocycles. The molecule has 1 aromatic heterocycles. The fourth-order valence-corrected chi connectivity index (χ4v) is 2.24. The molecule has 7 nitrogen and oxygen atoms in total. The predicted octanol–water partition coefficient (Wildman–Crippen LogP) is 3.07. The summed E-state index contributed by atoms with van der Waals surface area (Å²) in [4.78, 5) is 16.2. The van der Waals surface area contributed by atoms with Gasteiger partial charge in [-0.2, -0.15) is 4.98 Å². The molecule has 7 heteroatoms. The van der Waals surface area contributed by atoms with Gasteiger partial charge in [0.1, 0.15) is 0 Å². The Bertz CT molecular complexity index is 876. The summed E-state index contributed by atoms with van der Waals surface area (Å²) in [6, 6.07) is 14.7. The summed E-state index contributed by atoms with van der Waals surface area (Å²) >= 11 is 0. The van der Waals surface area contributed by atoms with E-state index >= 15 is 0 Å². The lowest BCUT2D eigenvalue weighted by atomic mass is 10.1. The summed E-state index contributed by atoms with van der Waals surface area (Å²) in [6.07, 6.45) is 0. The zero-order chi connectivity index (χ0) is 17.6. The minimum absolute atomic E-state index is 0.0897. The number of amides is 1. The molecule has 1 amide bonds. The number of nitrogens with one attached hydrogen (secondary N) is 1. The van der Waals surface area contributed by atoms with Crippen LogP contribution in [-0.4, -0.2) is 29.8 Å². The van der Waals surface area contributed by atoms with Crippen molar-refractivity contribution in [3.63, 3.8) is 0 Å². The number of anilines is 1. The molecular weight excluding hydrogens is 322 g/mol. The van der Waals surface area contributed by atoms with E-state index in [-0.39, 0.29) is 12.6 Å². The average molecular weight is 339 g/mol. The van der Waals surface area contributed by atoms with Crippen molar-refractivity contribution in [2.45, 2.75) is 6.92 Å². The molecule has 0 atom stereocenters. The minimum atomic E-state index is -0.400. The van der Waals surface area contributed by atoms with Gasteiger partial charge in [0, 0.05) is 5.56 Å². The third kappa shape index (κ3) is 3.95. The minimum Gasteiger partial charge on any atom is -0.493 e.